The van der Waals surface area contributed by atoms with Crippen LogP contribution in [0.2, 0.25) is 0 Å². The van der Waals surface area contributed by atoms with E-state index in [9.17, 15) is 13.2 Å². The third-order valence-corrected chi connectivity index (χ3v) is 5.18. The fourth-order valence-corrected chi connectivity index (χ4v) is 3.44. The molecule has 0 spiro atoms. The van der Waals surface area contributed by atoms with Gasteiger partial charge in [0.1, 0.15) is 5.75 Å². The third-order valence-electron chi connectivity index (χ3n) is 3.66. The van der Waals surface area contributed by atoms with Crippen LogP contribution in [0.25, 0.3) is 0 Å². The van der Waals surface area contributed by atoms with Gasteiger partial charge in [0.25, 0.3) is 0 Å². The zero-order chi connectivity index (χ0) is 17.7. The van der Waals surface area contributed by atoms with E-state index in [1.165, 1.54) is 32.4 Å². The van der Waals surface area contributed by atoms with Gasteiger partial charge in [-0.05, 0) is 31.0 Å². The summed E-state index contributed by atoms with van der Waals surface area (Å²) in [7, 11) is -0.696. The number of nitrogens with two attached hydrogens (primary N) is 1. The predicted molar refractivity (Wildman–Crippen MR) is 89.4 cm³/mol. The lowest BCUT2D eigenvalue weighted by atomic mass is 10.2. The van der Waals surface area contributed by atoms with Gasteiger partial charge in [-0.15, -0.1) is 0 Å². The van der Waals surface area contributed by atoms with Crippen molar-refractivity contribution in [2.75, 3.05) is 26.1 Å². The van der Waals surface area contributed by atoms with Crippen LogP contribution in [0.4, 0.5) is 5.69 Å². The lowest BCUT2D eigenvalue weighted by Crippen LogP contribution is -2.28. The molecule has 134 valence electrons. The monoisotopic (exact) mass is 357 g/mol. The molecule has 1 aromatic carbocycles. The molecule has 1 aliphatic rings. The lowest BCUT2D eigenvalue weighted by Gasteiger charge is -2.15. The Morgan fingerprint density at radius 2 is 2.08 bits per heavy atom. The predicted octanol–water partition coefficient (Wildman–Crippen LogP) is 0.438. The molecule has 0 radical (unpaired) electrons. The Morgan fingerprint density at radius 1 is 1.38 bits per heavy atom. The number of methoxy groups -OCH3 is 2. The van der Waals surface area contributed by atoms with Crippen molar-refractivity contribution >= 4 is 21.6 Å². The molecule has 0 bridgehead atoms. The second-order valence-electron chi connectivity index (χ2n) is 5.60. The van der Waals surface area contributed by atoms with Gasteiger partial charge in [-0.2, -0.15) is 0 Å². The van der Waals surface area contributed by atoms with Crippen LogP contribution < -0.4 is 20.5 Å². The van der Waals surface area contributed by atoms with Crippen LogP contribution in [0.5, 0.6) is 5.75 Å². The summed E-state index contributed by atoms with van der Waals surface area (Å²) in [6, 6.07) is 4.33. The Kier molecular flexibility index (Phi) is 6.16. The molecular weight excluding hydrogens is 334 g/mol. The van der Waals surface area contributed by atoms with E-state index in [0.717, 1.165) is 12.8 Å². The maximum atomic E-state index is 12.3. The maximum Gasteiger partial charge on any atom is 0.240 e. The van der Waals surface area contributed by atoms with Crippen molar-refractivity contribution in [3.05, 3.63) is 18.2 Å². The van der Waals surface area contributed by atoms with Crippen LogP contribution in [-0.2, 0) is 19.6 Å². The summed E-state index contributed by atoms with van der Waals surface area (Å²) < 4.78 is 37.4. The molecule has 2 rings (SSSR count). The first-order valence-electron chi connectivity index (χ1n) is 7.62. The second-order valence-corrected chi connectivity index (χ2v) is 7.32. The lowest BCUT2D eigenvalue weighted by molar-refractivity contribution is -0.118. The zero-order valence-electron chi connectivity index (χ0n) is 13.7. The van der Waals surface area contributed by atoms with E-state index < -0.39 is 16.1 Å². The number of hydrogen-bond donors (Lipinski definition) is 3. The number of carbonyl (C=O) groups excluding carboxylic acids is 1. The van der Waals surface area contributed by atoms with Crippen molar-refractivity contribution in [1.29, 1.82) is 0 Å². The van der Waals surface area contributed by atoms with Crippen LogP contribution in [0, 0.1) is 0 Å². The quantitative estimate of drug-likeness (QED) is 0.590. The van der Waals surface area contributed by atoms with Crippen LogP contribution in [0.3, 0.4) is 0 Å². The number of sulfonamides is 1. The normalized spacial score (nSPS) is 15.8. The van der Waals surface area contributed by atoms with Crippen molar-refractivity contribution in [2.24, 2.45) is 5.73 Å². The highest BCUT2D eigenvalue weighted by molar-refractivity contribution is 7.89. The summed E-state index contributed by atoms with van der Waals surface area (Å²) in [4.78, 5) is 12.2. The van der Waals surface area contributed by atoms with E-state index in [0.29, 0.717) is 5.75 Å². The van der Waals surface area contributed by atoms with Gasteiger partial charge in [0.2, 0.25) is 15.9 Å². The van der Waals surface area contributed by atoms with E-state index in [1.54, 1.807) is 0 Å². The van der Waals surface area contributed by atoms with E-state index in [4.69, 9.17) is 15.2 Å². The number of amides is 1. The molecule has 0 saturated heterocycles. The van der Waals surface area contributed by atoms with Crippen molar-refractivity contribution in [1.82, 2.24) is 4.72 Å². The first kappa shape index (κ1) is 18.7. The van der Waals surface area contributed by atoms with Crippen molar-refractivity contribution in [3.63, 3.8) is 0 Å². The molecule has 0 aliphatic heterocycles. The summed E-state index contributed by atoms with van der Waals surface area (Å²) in [5.74, 6) is 0.0331. The fourth-order valence-electron chi connectivity index (χ4n) is 2.11. The molecule has 24 heavy (non-hydrogen) atoms. The molecule has 0 heterocycles. The summed E-state index contributed by atoms with van der Waals surface area (Å²) in [5, 5.41) is 2.65. The molecule has 1 fully saturated rings. The molecular formula is C15H23N3O5S. The van der Waals surface area contributed by atoms with Gasteiger partial charge in [0, 0.05) is 19.7 Å². The molecule has 0 aromatic heterocycles. The van der Waals surface area contributed by atoms with Gasteiger partial charge in [0.05, 0.1) is 30.2 Å². The summed E-state index contributed by atoms with van der Waals surface area (Å²) in [5.41, 5.74) is 5.78. The molecule has 9 heteroatoms. The van der Waals surface area contributed by atoms with E-state index >= 15 is 0 Å². The average Bonchev–Trinajstić information content (AvgIpc) is 3.35. The third kappa shape index (κ3) is 4.91. The molecule has 1 atom stereocenters. The van der Waals surface area contributed by atoms with Crippen LogP contribution in [-0.4, -0.2) is 47.2 Å². The van der Waals surface area contributed by atoms with Crippen molar-refractivity contribution in [2.45, 2.75) is 36.3 Å². The molecule has 1 amide bonds. The fraction of sp³-hybridized carbons (Fsp3) is 0.533. The molecule has 4 N–H and O–H groups in total. The van der Waals surface area contributed by atoms with Crippen molar-refractivity contribution in [3.8, 4) is 5.75 Å². The summed E-state index contributed by atoms with van der Waals surface area (Å²) in [6.07, 6.45) is 1.35. The minimum absolute atomic E-state index is 0.00200. The Labute approximate surface area is 141 Å². The average molecular weight is 357 g/mol. The number of hydrogen-bond acceptors (Lipinski definition) is 6. The number of anilines is 1. The molecule has 1 aromatic rings. The largest absolute Gasteiger partial charge is 0.495 e. The standard InChI is InChI=1S/C15H23N3O5S/c1-22-11(9-16)7-15(19)17-13-8-12(5-6-14(13)23-2)24(20,21)18-10-3-4-10/h5-6,8,10-11,18H,3-4,7,9,16H2,1-2H3,(H,17,19). The SMILES string of the molecule is COc1ccc(S(=O)(=O)NC2CC2)cc1NC(=O)CC(CN)OC. The van der Waals surface area contributed by atoms with Gasteiger partial charge < -0.3 is 20.5 Å². The molecule has 1 unspecified atom stereocenters. The highest BCUT2D eigenvalue weighted by atomic mass is 32.2. The Balaban J connectivity index is 2.18. The Bertz CT molecular complexity index is 684. The van der Waals surface area contributed by atoms with Gasteiger partial charge in [-0.1, -0.05) is 0 Å². The number of ether oxygens (including phenoxy) is 2. The summed E-state index contributed by atoms with van der Waals surface area (Å²) >= 11 is 0. The first-order chi connectivity index (χ1) is 11.4. The number of benzene rings is 1. The Hall–Kier alpha value is -1.68. The van der Waals surface area contributed by atoms with Crippen LogP contribution >= 0.6 is 0 Å². The second kappa shape index (κ2) is 7.93. The molecule has 1 aliphatic carbocycles. The number of rotatable bonds is 9. The van der Waals surface area contributed by atoms with Crippen LogP contribution in [0.1, 0.15) is 19.3 Å². The minimum Gasteiger partial charge on any atom is -0.495 e. The minimum atomic E-state index is -3.61. The topological polar surface area (TPSA) is 120 Å². The van der Waals surface area contributed by atoms with E-state index in [1.807, 2.05) is 0 Å². The number of nitrogens with one attached hydrogen (secondary N) is 2. The number of carbonyl (C=O) groups is 1. The first-order valence-corrected chi connectivity index (χ1v) is 9.11. The van der Waals surface area contributed by atoms with E-state index in [2.05, 4.69) is 10.0 Å². The molecule has 8 nitrogen and oxygen atoms in total. The van der Waals surface area contributed by atoms with E-state index in [-0.39, 0.29) is 35.5 Å². The zero-order valence-corrected chi connectivity index (χ0v) is 14.6. The molecule has 1 saturated carbocycles. The van der Waals surface area contributed by atoms with Crippen molar-refractivity contribution < 1.29 is 22.7 Å². The van der Waals surface area contributed by atoms with Gasteiger partial charge in [-0.3, -0.25) is 4.79 Å². The van der Waals surface area contributed by atoms with Crippen LogP contribution in [0.15, 0.2) is 23.1 Å². The van der Waals surface area contributed by atoms with Gasteiger partial charge in [0.15, 0.2) is 0 Å². The highest BCUT2D eigenvalue weighted by Gasteiger charge is 2.28. The van der Waals surface area contributed by atoms with Gasteiger partial charge >= 0.3 is 0 Å². The Morgan fingerprint density at radius 3 is 2.62 bits per heavy atom. The summed E-state index contributed by atoms with van der Waals surface area (Å²) in [6.45, 7) is 0.209. The maximum absolute atomic E-state index is 12.3. The highest BCUT2D eigenvalue weighted by Crippen LogP contribution is 2.29. The smallest absolute Gasteiger partial charge is 0.240 e. The van der Waals surface area contributed by atoms with Gasteiger partial charge in [-0.25, -0.2) is 13.1 Å².